The first kappa shape index (κ1) is 14.7. The molecule has 0 bridgehead atoms. The predicted molar refractivity (Wildman–Crippen MR) is 82.4 cm³/mol. The molecule has 0 spiro atoms. The summed E-state index contributed by atoms with van der Waals surface area (Å²) in [5, 5.41) is 13.8. The van der Waals surface area contributed by atoms with Gasteiger partial charge in [0.2, 0.25) is 0 Å². The van der Waals surface area contributed by atoms with Crippen LogP contribution in [0.1, 0.15) is 36.9 Å². The first-order valence-corrected chi connectivity index (χ1v) is 7.95. The maximum absolute atomic E-state index is 12.4. The molecule has 114 valence electrons. The van der Waals surface area contributed by atoms with Gasteiger partial charge < -0.3 is 15.3 Å². The smallest absolute Gasteiger partial charge is 0.317 e. The Morgan fingerprint density at radius 2 is 2.24 bits per heavy atom. The van der Waals surface area contributed by atoms with Crippen LogP contribution >= 0.6 is 11.6 Å². The number of rotatable bonds is 1. The predicted octanol–water partition coefficient (Wildman–Crippen LogP) is 2.74. The summed E-state index contributed by atoms with van der Waals surface area (Å²) in [6, 6.07) is 5.80. The molecule has 1 aromatic rings. The Hall–Kier alpha value is -1.26. The molecule has 5 heteroatoms. The lowest BCUT2D eigenvalue weighted by molar-refractivity contribution is 0.0430. The SMILES string of the molecule is CC1CCN(C(=O)NC2CCc3c(Cl)cccc32)CC1O. The molecule has 1 heterocycles. The molecule has 1 fully saturated rings. The molecule has 4 nitrogen and oxygen atoms in total. The fourth-order valence-electron chi connectivity index (χ4n) is 3.23. The highest BCUT2D eigenvalue weighted by Crippen LogP contribution is 2.35. The van der Waals surface area contributed by atoms with E-state index in [-0.39, 0.29) is 18.0 Å². The van der Waals surface area contributed by atoms with Gasteiger partial charge in [-0.15, -0.1) is 0 Å². The zero-order chi connectivity index (χ0) is 15.0. The quantitative estimate of drug-likeness (QED) is 0.838. The van der Waals surface area contributed by atoms with Crippen molar-refractivity contribution in [1.82, 2.24) is 10.2 Å². The monoisotopic (exact) mass is 308 g/mol. The molecule has 1 saturated heterocycles. The highest BCUT2D eigenvalue weighted by molar-refractivity contribution is 6.31. The summed E-state index contributed by atoms with van der Waals surface area (Å²) >= 11 is 6.20. The lowest BCUT2D eigenvalue weighted by Crippen LogP contribution is -2.50. The van der Waals surface area contributed by atoms with Gasteiger partial charge in [0.15, 0.2) is 0 Å². The Balaban J connectivity index is 1.66. The maximum atomic E-state index is 12.4. The van der Waals surface area contributed by atoms with Gasteiger partial charge in [-0.25, -0.2) is 4.79 Å². The number of urea groups is 1. The molecule has 3 rings (SSSR count). The third-order valence-electron chi connectivity index (χ3n) is 4.72. The largest absolute Gasteiger partial charge is 0.391 e. The van der Waals surface area contributed by atoms with E-state index in [2.05, 4.69) is 5.32 Å². The molecule has 0 saturated carbocycles. The van der Waals surface area contributed by atoms with Gasteiger partial charge in [-0.1, -0.05) is 30.7 Å². The Kier molecular flexibility index (Phi) is 4.09. The average molecular weight is 309 g/mol. The number of carbonyl (C=O) groups excluding carboxylic acids is 1. The molecule has 21 heavy (non-hydrogen) atoms. The number of benzene rings is 1. The number of aliphatic hydroxyl groups is 1. The van der Waals surface area contributed by atoms with Crippen molar-refractivity contribution >= 4 is 17.6 Å². The topological polar surface area (TPSA) is 52.6 Å². The van der Waals surface area contributed by atoms with Crippen molar-refractivity contribution in [2.24, 2.45) is 5.92 Å². The van der Waals surface area contributed by atoms with Gasteiger partial charge in [0.1, 0.15) is 0 Å². The van der Waals surface area contributed by atoms with Gasteiger partial charge in [0.25, 0.3) is 0 Å². The first-order chi connectivity index (χ1) is 10.1. The number of halogens is 1. The van der Waals surface area contributed by atoms with Gasteiger partial charge in [0.05, 0.1) is 12.1 Å². The molecule has 2 aliphatic rings. The molecule has 1 aliphatic heterocycles. The normalized spacial score (nSPS) is 28.3. The van der Waals surface area contributed by atoms with Crippen LogP contribution in [0.25, 0.3) is 0 Å². The van der Waals surface area contributed by atoms with Crippen LogP contribution in [0.2, 0.25) is 5.02 Å². The van der Waals surface area contributed by atoms with Gasteiger partial charge >= 0.3 is 6.03 Å². The van der Waals surface area contributed by atoms with Crippen LogP contribution < -0.4 is 5.32 Å². The van der Waals surface area contributed by atoms with Crippen molar-refractivity contribution in [2.75, 3.05) is 13.1 Å². The minimum Gasteiger partial charge on any atom is -0.391 e. The Morgan fingerprint density at radius 3 is 3.00 bits per heavy atom. The van der Waals surface area contributed by atoms with Crippen LogP contribution in [0.4, 0.5) is 4.79 Å². The van der Waals surface area contributed by atoms with E-state index in [1.807, 2.05) is 25.1 Å². The summed E-state index contributed by atoms with van der Waals surface area (Å²) in [6.07, 6.45) is 2.22. The van der Waals surface area contributed by atoms with Crippen LogP contribution in [0.3, 0.4) is 0 Å². The van der Waals surface area contributed by atoms with Gasteiger partial charge in [-0.3, -0.25) is 0 Å². The van der Waals surface area contributed by atoms with E-state index in [0.29, 0.717) is 13.1 Å². The van der Waals surface area contributed by atoms with Crippen LogP contribution in [0.15, 0.2) is 18.2 Å². The molecule has 3 unspecified atom stereocenters. The van der Waals surface area contributed by atoms with Crippen molar-refractivity contribution in [3.05, 3.63) is 34.3 Å². The highest BCUT2D eigenvalue weighted by atomic mass is 35.5. The third kappa shape index (κ3) is 2.87. The number of likely N-dealkylation sites (tertiary alicyclic amines) is 1. The number of β-amino-alcohol motifs (C(OH)–C–C–N with tert-alkyl or cyclic N) is 1. The van der Waals surface area contributed by atoms with Crippen LogP contribution in [0.5, 0.6) is 0 Å². The second-order valence-electron chi connectivity index (χ2n) is 6.13. The van der Waals surface area contributed by atoms with Crippen LogP contribution in [-0.4, -0.2) is 35.2 Å². The fraction of sp³-hybridized carbons (Fsp3) is 0.562. The number of piperidine rings is 1. The lowest BCUT2D eigenvalue weighted by atomic mass is 9.96. The van der Waals surface area contributed by atoms with Crippen molar-refractivity contribution in [3.63, 3.8) is 0 Å². The summed E-state index contributed by atoms with van der Waals surface area (Å²) in [6.45, 7) is 3.15. The van der Waals surface area contributed by atoms with Crippen LogP contribution in [-0.2, 0) is 6.42 Å². The molecular weight excluding hydrogens is 288 g/mol. The van der Waals surface area contributed by atoms with E-state index in [1.165, 1.54) is 0 Å². The Bertz CT molecular complexity index is 549. The zero-order valence-corrected chi connectivity index (χ0v) is 12.9. The Morgan fingerprint density at radius 1 is 1.43 bits per heavy atom. The third-order valence-corrected chi connectivity index (χ3v) is 5.07. The number of aliphatic hydroxyl groups excluding tert-OH is 1. The number of hydrogen-bond acceptors (Lipinski definition) is 2. The van der Waals surface area contributed by atoms with Gasteiger partial charge in [-0.2, -0.15) is 0 Å². The Labute approximate surface area is 130 Å². The molecular formula is C16H21ClN2O2. The fourth-order valence-corrected chi connectivity index (χ4v) is 3.51. The first-order valence-electron chi connectivity index (χ1n) is 7.57. The highest BCUT2D eigenvalue weighted by Gasteiger charge is 2.30. The summed E-state index contributed by atoms with van der Waals surface area (Å²) in [5.41, 5.74) is 2.28. The van der Waals surface area contributed by atoms with E-state index in [1.54, 1.807) is 4.90 Å². The van der Waals surface area contributed by atoms with Crippen molar-refractivity contribution in [3.8, 4) is 0 Å². The van der Waals surface area contributed by atoms with E-state index >= 15 is 0 Å². The lowest BCUT2D eigenvalue weighted by Gasteiger charge is -2.35. The summed E-state index contributed by atoms with van der Waals surface area (Å²) in [4.78, 5) is 14.1. The van der Waals surface area contributed by atoms with Gasteiger partial charge in [0, 0.05) is 18.1 Å². The van der Waals surface area contributed by atoms with E-state index in [9.17, 15) is 9.90 Å². The number of hydrogen-bond donors (Lipinski definition) is 2. The summed E-state index contributed by atoms with van der Waals surface area (Å²) in [5.74, 6) is 0.264. The number of fused-ring (bicyclic) bond motifs is 1. The number of carbonyl (C=O) groups is 1. The average Bonchev–Trinajstić information content (AvgIpc) is 2.86. The molecule has 3 atom stereocenters. The summed E-state index contributed by atoms with van der Waals surface area (Å²) in [7, 11) is 0. The molecule has 0 radical (unpaired) electrons. The molecule has 1 aromatic carbocycles. The zero-order valence-electron chi connectivity index (χ0n) is 12.2. The van der Waals surface area contributed by atoms with E-state index in [0.717, 1.165) is 35.4 Å². The molecule has 2 amide bonds. The number of amides is 2. The molecule has 0 aromatic heterocycles. The minimum atomic E-state index is -0.421. The van der Waals surface area contributed by atoms with Crippen molar-refractivity contribution in [1.29, 1.82) is 0 Å². The van der Waals surface area contributed by atoms with Crippen molar-refractivity contribution < 1.29 is 9.90 Å². The summed E-state index contributed by atoms with van der Waals surface area (Å²) < 4.78 is 0. The van der Waals surface area contributed by atoms with E-state index in [4.69, 9.17) is 11.6 Å². The molecule has 1 aliphatic carbocycles. The maximum Gasteiger partial charge on any atom is 0.317 e. The second-order valence-corrected chi connectivity index (χ2v) is 6.53. The van der Waals surface area contributed by atoms with Crippen molar-refractivity contribution in [2.45, 2.75) is 38.3 Å². The van der Waals surface area contributed by atoms with Crippen LogP contribution in [0, 0.1) is 5.92 Å². The minimum absolute atomic E-state index is 0.0303. The van der Waals surface area contributed by atoms with E-state index < -0.39 is 6.10 Å². The second kappa shape index (κ2) is 5.85. The van der Waals surface area contributed by atoms with Gasteiger partial charge in [-0.05, 0) is 42.4 Å². The standard InChI is InChI=1S/C16H21ClN2O2/c1-10-7-8-19(9-15(10)20)16(21)18-14-6-5-11-12(14)3-2-4-13(11)17/h2-4,10,14-15,20H,5-9H2,1H3,(H,18,21). The number of nitrogens with one attached hydrogen (secondary N) is 1. The molecule has 2 N–H and O–H groups in total. The number of nitrogens with zero attached hydrogens (tertiary/aromatic N) is 1.